The lowest BCUT2D eigenvalue weighted by Crippen LogP contribution is -2.20. The molecule has 0 amide bonds. The van der Waals surface area contributed by atoms with E-state index in [0.29, 0.717) is 16.4 Å². The number of nitrogens with zero attached hydrogens (tertiary/aromatic N) is 4. The third kappa shape index (κ3) is 3.04. The van der Waals surface area contributed by atoms with Gasteiger partial charge in [-0.1, -0.05) is 23.4 Å². The van der Waals surface area contributed by atoms with E-state index in [0.717, 1.165) is 36.9 Å². The third-order valence-electron chi connectivity index (χ3n) is 4.38. The van der Waals surface area contributed by atoms with Crippen molar-refractivity contribution in [2.24, 2.45) is 0 Å². The molecule has 3 heterocycles. The minimum atomic E-state index is -0.864. The van der Waals surface area contributed by atoms with Crippen LogP contribution in [0.4, 0.5) is 5.95 Å². The van der Waals surface area contributed by atoms with Crippen molar-refractivity contribution >= 4 is 23.2 Å². The Morgan fingerprint density at radius 3 is 2.80 bits per heavy atom. The summed E-state index contributed by atoms with van der Waals surface area (Å²) in [6.07, 6.45) is 8.51. The van der Waals surface area contributed by atoms with Crippen LogP contribution in [0.25, 0.3) is 17.0 Å². The van der Waals surface area contributed by atoms with Crippen molar-refractivity contribution in [3.63, 3.8) is 0 Å². The van der Waals surface area contributed by atoms with E-state index in [1.807, 2.05) is 22.7 Å². The molecule has 0 saturated heterocycles. The molecule has 0 aliphatic heterocycles. The summed E-state index contributed by atoms with van der Waals surface area (Å²) in [5.41, 5.74) is 7.56. The molecular formula is C18H16ClN5O. The van der Waals surface area contributed by atoms with Crippen molar-refractivity contribution < 1.29 is 5.11 Å². The molecule has 1 aliphatic rings. The Hall–Kier alpha value is -2.62. The number of nitrogen functional groups attached to an aromatic ring is 1. The summed E-state index contributed by atoms with van der Waals surface area (Å²) in [7, 11) is 0. The summed E-state index contributed by atoms with van der Waals surface area (Å²) in [5, 5.41) is 10.8. The lowest BCUT2D eigenvalue weighted by molar-refractivity contribution is 0.110. The van der Waals surface area contributed by atoms with E-state index in [-0.39, 0.29) is 5.95 Å². The van der Waals surface area contributed by atoms with Gasteiger partial charge in [0.2, 0.25) is 5.95 Å². The SMILES string of the molecule is Nc1ncc(Cl)c(-c2cnc3ccc(C#CC4(O)CCCC4)cn23)n1. The maximum absolute atomic E-state index is 10.4. The number of pyridine rings is 1. The Morgan fingerprint density at radius 2 is 2.00 bits per heavy atom. The molecule has 0 spiro atoms. The minimum absolute atomic E-state index is 0.147. The Morgan fingerprint density at radius 1 is 1.20 bits per heavy atom. The van der Waals surface area contributed by atoms with Crippen LogP contribution in [0.5, 0.6) is 0 Å². The van der Waals surface area contributed by atoms with Gasteiger partial charge in [-0.3, -0.25) is 4.40 Å². The maximum atomic E-state index is 10.4. The van der Waals surface area contributed by atoms with Crippen LogP contribution in [0.2, 0.25) is 5.02 Å². The molecule has 3 aromatic heterocycles. The summed E-state index contributed by atoms with van der Waals surface area (Å²) < 4.78 is 1.86. The highest BCUT2D eigenvalue weighted by Crippen LogP contribution is 2.29. The average Bonchev–Trinajstić information content (AvgIpc) is 3.22. The number of aromatic nitrogens is 4. The first kappa shape index (κ1) is 15.9. The highest BCUT2D eigenvalue weighted by Gasteiger charge is 2.28. The summed E-state index contributed by atoms with van der Waals surface area (Å²) in [5.74, 6) is 6.23. The van der Waals surface area contributed by atoms with Gasteiger partial charge in [0.15, 0.2) is 0 Å². The molecule has 3 N–H and O–H groups in total. The molecule has 1 aliphatic carbocycles. The second-order valence-electron chi connectivity index (χ2n) is 6.20. The number of imidazole rings is 1. The maximum Gasteiger partial charge on any atom is 0.220 e. The van der Waals surface area contributed by atoms with Gasteiger partial charge >= 0.3 is 0 Å². The van der Waals surface area contributed by atoms with Crippen LogP contribution in [0, 0.1) is 11.8 Å². The van der Waals surface area contributed by atoms with Crippen LogP contribution in [0.3, 0.4) is 0 Å². The van der Waals surface area contributed by atoms with E-state index in [1.54, 1.807) is 6.20 Å². The molecule has 7 heteroatoms. The number of halogens is 1. The number of anilines is 1. The molecule has 3 aromatic rings. The van der Waals surface area contributed by atoms with Gasteiger partial charge in [-0.15, -0.1) is 0 Å². The molecule has 1 saturated carbocycles. The van der Waals surface area contributed by atoms with Gasteiger partial charge in [0, 0.05) is 11.8 Å². The van der Waals surface area contributed by atoms with Crippen LogP contribution >= 0.6 is 11.6 Å². The topological polar surface area (TPSA) is 89.3 Å². The van der Waals surface area contributed by atoms with Gasteiger partial charge in [0.1, 0.15) is 16.9 Å². The highest BCUT2D eigenvalue weighted by atomic mass is 35.5. The molecule has 0 bridgehead atoms. The van der Waals surface area contributed by atoms with Crippen LogP contribution in [0.1, 0.15) is 31.2 Å². The molecule has 0 unspecified atom stereocenters. The molecule has 1 fully saturated rings. The fourth-order valence-corrected chi connectivity index (χ4v) is 3.25. The monoisotopic (exact) mass is 353 g/mol. The molecule has 6 nitrogen and oxygen atoms in total. The summed E-state index contributed by atoms with van der Waals surface area (Å²) in [4.78, 5) is 12.5. The lowest BCUT2D eigenvalue weighted by atomic mass is 10.0. The van der Waals surface area contributed by atoms with Crippen molar-refractivity contribution in [3.05, 3.63) is 41.3 Å². The Kier molecular flexibility index (Phi) is 3.83. The van der Waals surface area contributed by atoms with Crippen molar-refractivity contribution in [3.8, 4) is 23.2 Å². The Bertz CT molecular complexity index is 1010. The standard InChI is InChI=1S/C18H16ClN5O/c19-13-9-22-17(20)23-16(13)14-10-21-15-4-3-12(11-24(14)15)5-8-18(25)6-1-2-7-18/h3-4,9-11,25H,1-2,6-7H2,(H2,20,22,23). The normalized spacial score (nSPS) is 15.9. The third-order valence-corrected chi connectivity index (χ3v) is 4.66. The van der Waals surface area contributed by atoms with E-state index < -0.39 is 5.60 Å². The molecule has 126 valence electrons. The van der Waals surface area contributed by atoms with Crippen molar-refractivity contribution in [2.45, 2.75) is 31.3 Å². The van der Waals surface area contributed by atoms with Gasteiger partial charge in [-0.05, 0) is 37.8 Å². The van der Waals surface area contributed by atoms with Gasteiger partial charge in [0.05, 0.1) is 23.1 Å². The first-order chi connectivity index (χ1) is 12.0. The van der Waals surface area contributed by atoms with E-state index in [4.69, 9.17) is 17.3 Å². The fourth-order valence-electron chi connectivity index (χ4n) is 3.06. The van der Waals surface area contributed by atoms with Gasteiger partial charge < -0.3 is 10.8 Å². The number of fused-ring (bicyclic) bond motifs is 1. The average molecular weight is 354 g/mol. The fraction of sp³-hybridized carbons (Fsp3) is 0.278. The Labute approximate surface area is 149 Å². The highest BCUT2D eigenvalue weighted by molar-refractivity contribution is 6.32. The Balaban J connectivity index is 1.78. The van der Waals surface area contributed by atoms with Crippen molar-refractivity contribution in [2.75, 3.05) is 5.73 Å². The zero-order valence-electron chi connectivity index (χ0n) is 13.4. The van der Waals surface area contributed by atoms with Crippen molar-refractivity contribution in [1.29, 1.82) is 0 Å². The largest absolute Gasteiger partial charge is 0.378 e. The van der Waals surface area contributed by atoms with Crippen LogP contribution in [-0.4, -0.2) is 30.1 Å². The van der Waals surface area contributed by atoms with E-state index >= 15 is 0 Å². The van der Waals surface area contributed by atoms with Gasteiger partial charge in [-0.2, -0.15) is 0 Å². The summed E-state index contributed by atoms with van der Waals surface area (Å²) >= 11 is 6.21. The predicted octanol–water partition coefficient (Wildman–Crippen LogP) is 2.68. The summed E-state index contributed by atoms with van der Waals surface area (Å²) in [6.45, 7) is 0. The lowest BCUT2D eigenvalue weighted by Gasteiger charge is -2.12. The van der Waals surface area contributed by atoms with E-state index in [1.165, 1.54) is 6.20 Å². The zero-order valence-corrected chi connectivity index (χ0v) is 14.2. The molecule has 4 rings (SSSR count). The smallest absolute Gasteiger partial charge is 0.220 e. The molecule has 25 heavy (non-hydrogen) atoms. The van der Waals surface area contributed by atoms with Crippen LogP contribution < -0.4 is 5.73 Å². The number of aliphatic hydroxyl groups is 1. The number of hydrogen-bond donors (Lipinski definition) is 2. The van der Waals surface area contributed by atoms with Crippen molar-refractivity contribution in [1.82, 2.24) is 19.4 Å². The molecule has 0 atom stereocenters. The number of rotatable bonds is 1. The molecular weight excluding hydrogens is 338 g/mol. The second kappa shape index (κ2) is 6.03. The zero-order chi connectivity index (χ0) is 17.4. The van der Waals surface area contributed by atoms with E-state index in [2.05, 4.69) is 26.8 Å². The predicted molar refractivity (Wildman–Crippen MR) is 95.9 cm³/mol. The first-order valence-electron chi connectivity index (χ1n) is 8.05. The van der Waals surface area contributed by atoms with Gasteiger partial charge in [-0.25, -0.2) is 15.0 Å². The quantitative estimate of drug-likeness (QED) is 0.656. The van der Waals surface area contributed by atoms with E-state index in [9.17, 15) is 5.11 Å². The van der Waals surface area contributed by atoms with Crippen LogP contribution in [0.15, 0.2) is 30.7 Å². The first-order valence-corrected chi connectivity index (χ1v) is 8.43. The number of hydrogen-bond acceptors (Lipinski definition) is 5. The number of nitrogens with two attached hydrogens (primary N) is 1. The van der Waals surface area contributed by atoms with Crippen LogP contribution in [-0.2, 0) is 0 Å². The minimum Gasteiger partial charge on any atom is -0.378 e. The summed E-state index contributed by atoms with van der Waals surface area (Å²) in [6, 6.07) is 3.75. The molecule has 0 radical (unpaired) electrons. The van der Waals surface area contributed by atoms with Gasteiger partial charge in [0.25, 0.3) is 0 Å². The molecule has 0 aromatic carbocycles. The second-order valence-corrected chi connectivity index (χ2v) is 6.61.